The Labute approximate surface area is 165 Å². The van der Waals surface area contributed by atoms with Crippen LogP contribution in [0.5, 0.6) is 11.5 Å². The summed E-state index contributed by atoms with van der Waals surface area (Å²) < 4.78 is 12.8. The van der Waals surface area contributed by atoms with Gasteiger partial charge in [0.2, 0.25) is 0 Å². The number of rotatable bonds is 2. The van der Waals surface area contributed by atoms with Gasteiger partial charge >= 0.3 is 6.03 Å². The van der Waals surface area contributed by atoms with Crippen molar-refractivity contribution in [3.05, 3.63) is 51.0 Å². The molecule has 26 heavy (non-hydrogen) atoms. The summed E-state index contributed by atoms with van der Waals surface area (Å²) in [5.74, 6) is 1.28. The van der Waals surface area contributed by atoms with Crippen molar-refractivity contribution in [1.82, 2.24) is 5.32 Å². The molecular weight excluding hydrogens is 420 g/mol. The van der Waals surface area contributed by atoms with E-state index in [0.29, 0.717) is 22.9 Å². The normalized spacial score (nSPS) is 23.8. The molecule has 2 aromatic rings. The summed E-state index contributed by atoms with van der Waals surface area (Å²) in [6.07, 6.45) is 0.608. The molecule has 0 unspecified atom stereocenters. The van der Waals surface area contributed by atoms with Crippen molar-refractivity contribution < 1.29 is 14.3 Å². The maximum absolute atomic E-state index is 13.0. The van der Waals surface area contributed by atoms with Gasteiger partial charge in [0.15, 0.2) is 17.2 Å². The number of hydrogen-bond donors (Lipinski definition) is 1. The summed E-state index contributed by atoms with van der Waals surface area (Å²) in [4.78, 5) is 14.6. The van der Waals surface area contributed by atoms with Crippen LogP contribution in [0.15, 0.2) is 34.8 Å². The van der Waals surface area contributed by atoms with E-state index in [0.717, 1.165) is 21.3 Å². The van der Waals surface area contributed by atoms with Gasteiger partial charge in [0, 0.05) is 21.5 Å². The van der Waals surface area contributed by atoms with Crippen molar-refractivity contribution in [3.8, 4) is 11.5 Å². The molecule has 2 atom stereocenters. The van der Waals surface area contributed by atoms with Crippen molar-refractivity contribution in [3.63, 3.8) is 0 Å². The van der Waals surface area contributed by atoms with Crippen molar-refractivity contribution in [2.24, 2.45) is 0 Å². The largest absolute Gasteiger partial charge is 0.493 e. The number of carbonyl (C=O) groups excluding carboxylic acids is 1. The molecule has 2 bridgehead atoms. The highest BCUT2D eigenvalue weighted by Crippen LogP contribution is 2.50. The third-order valence-electron chi connectivity index (χ3n) is 5.00. The van der Waals surface area contributed by atoms with Crippen molar-refractivity contribution in [2.75, 3.05) is 12.0 Å². The lowest BCUT2D eigenvalue weighted by Crippen LogP contribution is -2.65. The predicted molar refractivity (Wildman–Crippen MR) is 104 cm³/mol. The second-order valence-electron chi connectivity index (χ2n) is 6.73. The van der Waals surface area contributed by atoms with Crippen LogP contribution >= 0.6 is 27.5 Å². The van der Waals surface area contributed by atoms with E-state index in [-0.39, 0.29) is 12.1 Å². The summed E-state index contributed by atoms with van der Waals surface area (Å²) >= 11 is 9.77. The maximum atomic E-state index is 13.0. The first-order valence-corrected chi connectivity index (χ1v) is 9.43. The molecule has 2 heterocycles. The number of halogens is 2. The number of methoxy groups -OCH3 is 1. The minimum Gasteiger partial charge on any atom is -0.493 e. The Balaban J connectivity index is 1.86. The van der Waals surface area contributed by atoms with Gasteiger partial charge in [0.25, 0.3) is 0 Å². The summed E-state index contributed by atoms with van der Waals surface area (Å²) in [6.45, 7) is 3.82. The Kier molecular flexibility index (Phi) is 4.08. The molecular formula is C19H18BrClN2O3. The second-order valence-corrected chi connectivity index (χ2v) is 8.05. The number of amides is 2. The van der Waals surface area contributed by atoms with E-state index in [1.165, 1.54) is 0 Å². The molecule has 2 amide bonds. The highest BCUT2D eigenvalue weighted by molar-refractivity contribution is 9.10. The summed E-state index contributed by atoms with van der Waals surface area (Å²) in [5.41, 5.74) is 1.62. The van der Waals surface area contributed by atoms with Crippen LogP contribution in [-0.4, -0.2) is 18.9 Å². The van der Waals surface area contributed by atoms with Crippen LogP contribution in [0.2, 0.25) is 5.02 Å². The lowest BCUT2D eigenvalue weighted by Gasteiger charge is -2.51. The zero-order chi connectivity index (χ0) is 18.6. The number of benzene rings is 2. The van der Waals surface area contributed by atoms with Gasteiger partial charge in [0.05, 0.1) is 18.8 Å². The zero-order valence-corrected chi connectivity index (χ0v) is 16.9. The summed E-state index contributed by atoms with van der Waals surface area (Å²) in [5, 5.41) is 3.70. The molecule has 5 nitrogen and oxygen atoms in total. The number of ether oxygens (including phenoxy) is 2. The molecule has 0 aromatic heterocycles. The standard InChI is InChI=1S/C19H18BrClN2O3/c1-10-13(21)5-4-6-15(10)23-18(24)22-14-9-19(23,2)26-17-12(14)7-11(20)8-16(17)25-3/h4-8,14H,9H2,1-3H3,(H,22,24)/t14-,19+/m1/s1. The predicted octanol–water partition coefficient (Wildman–Crippen LogP) is 5.19. The molecule has 2 aromatic carbocycles. The van der Waals surface area contributed by atoms with Crippen LogP contribution in [0.25, 0.3) is 0 Å². The lowest BCUT2D eigenvalue weighted by atomic mass is 9.89. The Morgan fingerprint density at radius 2 is 2.19 bits per heavy atom. The van der Waals surface area contributed by atoms with E-state index in [1.807, 2.05) is 44.2 Å². The van der Waals surface area contributed by atoms with Gasteiger partial charge in [-0.05, 0) is 43.7 Å². The molecule has 0 aliphatic carbocycles. The molecule has 0 saturated carbocycles. The average Bonchev–Trinajstić information content (AvgIpc) is 2.58. The van der Waals surface area contributed by atoms with Crippen LogP contribution in [-0.2, 0) is 0 Å². The summed E-state index contributed by atoms with van der Waals surface area (Å²) in [7, 11) is 1.61. The molecule has 136 valence electrons. The smallest absolute Gasteiger partial charge is 0.325 e. The Morgan fingerprint density at radius 1 is 1.42 bits per heavy atom. The Hall–Kier alpha value is -1.92. The molecule has 2 aliphatic heterocycles. The van der Waals surface area contributed by atoms with Gasteiger partial charge in [-0.3, -0.25) is 4.90 Å². The number of urea groups is 1. The van der Waals surface area contributed by atoms with Crippen LogP contribution in [0.4, 0.5) is 10.5 Å². The average molecular weight is 438 g/mol. The van der Waals surface area contributed by atoms with Crippen molar-refractivity contribution in [1.29, 1.82) is 0 Å². The molecule has 4 rings (SSSR count). The Bertz CT molecular complexity index is 920. The van der Waals surface area contributed by atoms with Crippen LogP contribution in [0.1, 0.15) is 30.5 Å². The van der Waals surface area contributed by atoms with Crippen molar-refractivity contribution in [2.45, 2.75) is 32.0 Å². The van der Waals surface area contributed by atoms with Gasteiger partial charge < -0.3 is 14.8 Å². The molecule has 1 saturated heterocycles. The highest BCUT2D eigenvalue weighted by atomic mass is 79.9. The van der Waals surface area contributed by atoms with E-state index < -0.39 is 5.72 Å². The lowest BCUT2D eigenvalue weighted by molar-refractivity contribution is 0.0348. The molecule has 2 aliphatic rings. The zero-order valence-electron chi connectivity index (χ0n) is 14.6. The molecule has 1 fully saturated rings. The first kappa shape index (κ1) is 17.5. The third-order valence-corrected chi connectivity index (χ3v) is 5.87. The topological polar surface area (TPSA) is 50.8 Å². The molecule has 0 spiro atoms. The number of nitrogens with zero attached hydrogens (tertiary/aromatic N) is 1. The van der Waals surface area contributed by atoms with Crippen LogP contribution in [0, 0.1) is 6.92 Å². The number of hydrogen-bond acceptors (Lipinski definition) is 3. The molecule has 1 N–H and O–H groups in total. The fraction of sp³-hybridized carbons (Fsp3) is 0.316. The Morgan fingerprint density at radius 3 is 2.92 bits per heavy atom. The van der Waals surface area contributed by atoms with E-state index >= 15 is 0 Å². The van der Waals surface area contributed by atoms with E-state index in [4.69, 9.17) is 21.1 Å². The van der Waals surface area contributed by atoms with Gasteiger partial charge in [0.1, 0.15) is 0 Å². The maximum Gasteiger partial charge on any atom is 0.325 e. The van der Waals surface area contributed by atoms with Crippen LogP contribution in [0.3, 0.4) is 0 Å². The quantitative estimate of drug-likeness (QED) is 0.703. The number of fused-ring (bicyclic) bond motifs is 4. The minimum atomic E-state index is -0.851. The first-order valence-electron chi connectivity index (χ1n) is 8.26. The van der Waals surface area contributed by atoms with E-state index in [1.54, 1.807) is 12.0 Å². The molecule has 0 radical (unpaired) electrons. The number of carbonyl (C=O) groups is 1. The van der Waals surface area contributed by atoms with Gasteiger partial charge in [-0.25, -0.2) is 4.79 Å². The highest BCUT2D eigenvalue weighted by Gasteiger charge is 2.51. The SMILES string of the molecule is COc1cc(Br)cc2c1O[C@@]1(C)C[C@H]2NC(=O)N1c1cccc(Cl)c1C. The fourth-order valence-electron chi connectivity index (χ4n) is 3.76. The van der Waals surface area contributed by atoms with Crippen molar-refractivity contribution >= 4 is 39.2 Å². The minimum absolute atomic E-state index is 0.154. The van der Waals surface area contributed by atoms with E-state index in [9.17, 15) is 4.79 Å². The van der Waals surface area contributed by atoms with E-state index in [2.05, 4.69) is 21.2 Å². The van der Waals surface area contributed by atoms with Gasteiger partial charge in [-0.2, -0.15) is 0 Å². The molecule has 7 heteroatoms. The van der Waals surface area contributed by atoms with Gasteiger partial charge in [-0.15, -0.1) is 0 Å². The fourth-order valence-corrected chi connectivity index (χ4v) is 4.38. The third kappa shape index (κ3) is 2.55. The number of nitrogens with one attached hydrogen (secondary N) is 1. The second kappa shape index (κ2) is 6.06. The monoisotopic (exact) mass is 436 g/mol. The van der Waals surface area contributed by atoms with Gasteiger partial charge in [-0.1, -0.05) is 33.6 Å². The first-order chi connectivity index (χ1) is 12.3. The van der Waals surface area contributed by atoms with Crippen LogP contribution < -0.4 is 19.7 Å². The summed E-state index contributed by atoms with van der Waals surface area (Å²) in [6, 6.07) is 8.98. The number of anilines is 1.